The molecule has 0 aliphatic carbocycles. The van der Waals surface area contributed by atoms with Gasteiger partial charge in [0.05, 0.1) is 4.88 Å². The van der Waals surface area contributed by atoms with E-state index in [0.29, 0.717) is 15.0 Å². The number of nitrogens with zero attached hydrogens (tertiary/aromatic N) is 1. The Kier molecular flexibility index (Phi) is 2.31. The van der Waals surface area contributed by atoms with Crippen molar-refractivity contribution in [2.75, 3.05) is 5.73 Å². The number of anilines is 1. The molecule has 5 heteroatoms. The minimum Gasteiger partial charge on any atom is -0.492 e. The largest absolute Gasteiger partial charge is 0.492 e. The lowest BCUT2D eigenvalue weighted by Crippen LogP contribution is -1.78. The molecule has 72 valence electrons. The van der Waals surface area contributed by atoms with E-state index in [9.17, 15) is 5.11 Å². The molecule has 0 saturated heterocycles. The predicted molar refractivity (Wildman–Crippen MR) is 58.6 cm³/mol. The van der Waals surface area contributed by atoms with E-state index in [2.05, 4.69) is 4.98 Å². The van der Waals surface area contributed by atoms with Crippen molar-refractivity contribution in [3.63, 3.8) is 0 Å². The normalized spacial score (nSPS) is 10.4. The van der Waals surface area contributed by atoms with Gasteiger partial charge in [-0.05, 0) is 17.7 Å². The standard InChI is InChI=1S/C9H7ClN2OS/c10-6-3-1-2-5(4-6)7-8(13)12-9(11)14-7/h1-4,13H,(H2,11,12). The maximum atomic E-state index is 9.45. The highest BCUT2D eigenvalue weighted by Crippen LogP contribution is 2.36. The Labute approximate surface area is 89.8 Å². The van der Waals surface area contributed by atoms with E-state index in [4.69, 9.17) is 17.3 Å². The number of thiazole rings is 1. The van der Waals surface area contributed by atoms with Gasteiger partial charge in [-0.15, -0.1) is 0 Å². The number of nitrogen functional groups attached to an aromatic ring is 1. The average molecular weight is 227 g/mol. The van der Waals surface area contributed by atoms with Gasteiger partial charge in [0.15, 0.2) is 5.13 Å². The molecular weight excluding hydrogens is 220 g/mol. The first-order chi connectivity index (χ1) is 6.66. The van der Waals surface area contributed by atoms with Crippen LogP contribution in [-0.4, -0.2) is 10.1 Å². The Hall–Kier alpha value is -1.26. The van der Waals surface area contributed by atoms with Gasteiger partial charge in [0.1, 0.15) is 0 Å². The Morgan fingerprint density at radius 2 is 2.21 bits per heavy atom. The quantitative estimate of drug-likeness (QED) is 0.786. The summed E-state index contributed by atoms with van der Waals surface area (Å²) in [4.78, 5) is 4.37. The van der Waals surface area contributed by atoms with Gasteiger partial charge in [-0.1, -0.05) is 35.1 Å². The summed E-state index contributed by atoms with van der Waals surface area (Å²) in [7, 11) is 0. The fraction of sp³-hybridized carbons (Fsp3) is 0. The summed E-state index contributed by atoms with van der Waals surface area (Å²) in [6.45, 7) is 0. The fourth-order valence-corrected chi connectivity index (χ4v) is 2.06. The molecule has 0 bridgehead atoms. The van der Waals surface area contributed by atoms with Crippen molar-refractivity contribution in [2.24, 2.45) is 0 Å². The van der Waals surface area contributed by atoms with Crippen LogP contribution in [0.25, 0.3) is 10.4 Å². The molecule has 14 heavy (non-hydrogen) atoms. The molecule has 3 nitrogen and oxygen atoms in total. The predicted octanol–water partition coefficient (Wildman–Crippen LogP) is 2.75. The van der Waals surface area contributed by atoms with Crippen molar-refractivity contribution in [1.29, 1.82) is 0 Å². The maximum absolute atomic E-state index is 9.45. The Bertz CT molecular complexity index is 470. The zero-order valence-corrected chi connectivity index (χ0v) is 8.64. The highest BCUT2D eigenvalue weighted by atomic mass is 35.5. The minimum absolute atomic E-state index is 0.0465. The molecule has 3 N–H and O–H groups in total. The van der Waals surface area contributed by atoms with Crippen LogP contribution in [0.15, 0.2) is 24.3 Å². The zero-order chi connectivity index (χ0) is 10.1. The van der Waals surface area contributed by atoms with Gasteiger partial charge in [-0.2, -0.15) is 4.98 Å². The summed E-state index contributed by atoms with van der Waals surface area (Å²) in [6.07, 6.45) is 0. The van der Waals surface area contributed by atoms with E-state index in [1.807, 2.05) is 12.1 Å². The molecule has 2 rings (SSSR count). The molecule has 0 aliphatic heterocycles. The number of rotatable bonds is 1. The van der Waals surface area contributed by atoms with E-state index >= 15 is 0 Å². The highest BCUT2D eigenvalue weighted by molar-refractivity contribution is 7.19. The molecule has 1 heterocycles. The molecule has 2 aromatic rings. The first-order valence-corrected chi connectivity index (χ1v) is 5.07. The second-order valence-electron chi connectivity index (χ2n) is 2.72. The number of hydrogen-bond acceptors (Lipinski definition) is 4. The van der Waals surface area contributed by atoms with Gasteiger partial charge in [0, 0.05) is 5.02 Å². The smallest absolute Gasteiger partial charge is 0.232 e. The molecule has 0 spiro atoms. The summed E-state index contributed by atoms with van der Waals surface area (Å²) >= 11 is 7.06. The summed E-state index contributed by atoms with van der Waals surface area (Å²) < 4.78 is 0. The van der Waals surface area contributed by atoms with Crippen LogP contribution in [0, 0.1) is 0 Å². The van der Waals surface area contributed by atoms with Crippen LogP contribution in [-0.2, 0) is 0 Å². The third-order valence-electron chi connectivity index (χ3n) is 1.71. The van der Waals surface area contributed by atoms with Crippen molar-refractivity contribution in [3.8, 4) is 16.3 Å². The molecule has 0 radical (unpaired) electrons. The van der Waals surface area contributed by atoms with Gasteiger partial charge in [0.2, 0.25) is 5.88 Å². The Morgan fingerprint density at radius 3 is 2.79 bits per heavy atom. The van der Waals surface area contributed by atoms with Gasteiger partial charge in [-0.3, -0.25) is 0 Å². The van der Waals surface area contributed by atoms with Crippen LogP contribution >= 0.6 is 22.9 Å². The molecule has 0 unspecified atom stereocenters. The van der Waals surface area contributed by atoms with Crippen LogP contribution in [0.2, 0.25) is 5.02 Å². The average Bonchev–Trinajstić information content (AvgIpc) is 2.45. The fourth-order valence-electron chi connectivity index (χ4n) is 1.15. The van der Waals surface area contributed by atoms with Gasteiger partial charge in [-0.25, -0.2) is 0 Å². The molecule has 0 aliphatic rings. The van der Waals surface area contributed by atoms with Crippen LogP contribution in [0.5, 0.6) is 5.88 Å². The lowest BCUT2D eigenvalue weighted by atomic mass is 10.2. The van der Waals surface area contributed by atoms with Crippen LogP contribution in [0.4, 0.5) is 5.13 Å². The van der Waals surface area contributed by atoms with Gasteiger partial charge >= 0.3 is 0 Å². The van der Waals surface area contributed by atoms with Crippen molar-refractivity contribution >= 4 is 28.1 Å². The second-order valence-corrected chi connectivity index (χ2v) is 4.18. The summed E-state index contributed by atoms with van der Waals surface area (Å²) in [5, 5.41) is 10.4. The lowest BCUT2D eigenvalue weighted by Gasteiger charge is -1.97. The first-order valence-electron chi connectivity index (χ1n) is 3.88. The molecule has 0 amide bonds. The maximum Gasteiger partial charge on any atom is 0.232 e. The first kappa shape index (κ1) is 9.30. The van der Waals surface area contributed by atoms with Crippen molar-refractivity contribution in [2.45, 2.75) is 0 Å². The van der Waals surface area contributed by atoms with E-state index in [1.165, 1.54) is 11.3 Å². The number of aromatic nitrogens is 1. The number of benzene rings is 1. The second kappa shape index (κ2) is 3.48. The number of hydrogen-bond donors (Lipinski definition) is 2. The Balaban J connectivity index is 2.54. The molecular formula is C9H7ClN2OS. The van der Waals surface area contributed by atoms with Gasteiger partial charge in [0.25, 0.3) is 0 Å². The van der Waals surface area contributed by atoms with Crippen LogP contribution < -0.4 is 5.73 Å². The van der Waals surface area contributed by atoms with Crippen molar-refractivity contribution in [3.05, 3.63) is 29.3 Å². The zero-order valence-electron chi connectivity index (χ0n) is 7.07. The SMILES string of the molecule is Nc1nc(O)c(-c2cccc(Cl)c2)s1. The molecule has 0 saturated carbocycles. The van der Waals surface area contributed by atoms with E-state index in [1.54, 1.807) is 12.1 Å². The minimum atomic E-state index is -0.0465. The van der Waals surface area contributed by atoms with Crippen molar-refractivity contribution < 1.29 is 5.11 Å². The third kappa shape index (κ3) is 1.66. The van der Waals surface area contributed by atoms with E-state index in [0.717, 1.165) is 5.56 Å². The molecule has 0 atom stereocenters. The van der Waals surface area contributed by atoms with Crippen LogP contribution in [0.1, 0.15) is 0 Å². The number of halogens is 1. The van der Waals surface area contributed by atoms with Crippen LogP contribution in [0.3, 0.4) is 0 Å². The van der Waals surface area contributed by atoms with E-state index < -0.39 is 0 Å². The monoisotopic (exact) mass is 226 g/mol. The van der Waals surface area contributed by atoms with Gasteiger partial charge < -0.3 is 10.8 Å². The lowest BCUT2D eigenvalue weighted by molar-refractivity contribution is 0.460. The van der Waals surface area contributed by atoms with E-state index in [-0.39, 0.29) is 5.88 Å². The molecule has 1 aromatic carbocycles. The summed E-state index contributed by atoms with van der Waals surface area (Å²) in [5.74, 6) is -0.0465. The van der Waals surface area contributed by atoms with Crippen molar-refractivity contribution in [1.82, 2.24) is 4.98 Å². The molecule has 0 fully saturated rings. The number of nitrogens with two attached hydrogens (primary N) is 1. The number of aromatic hydroxyl groups is 1. The topological polar surface area (TPSA) is 59.1 Å². The summed E-state index contributed by atoms with van der Waals surface area (Å²) in [6, 6.07) is 7.19. The molecule has 1 aromatic heterocycles. The highest BCUT2D eigenvalue weighted by Gasteiger charge is 2.10. The Morgan fingerprint density at radius 1 is 1.43 bits per heavy atom. The summed E-state index contributed by atoms with van der Waals surface area (Å²) in [5.41, 5.74) is 6.29. The third-order valence-corrected chi connectivity index (χ3v) is 2.87.